The minimum atomic E-state index is -3.96. The van der Waals surface area contributed by atoms with Crippen LogP contribution in [0.1, 0.15) is 36.5 Å². The Labute approximate surface area is 116 Å². The molecular formula is C13H15NO5S. The predicted molar refractivity (Wildman–Crippen MR) is 71.0 cm³/mol. The lowest BCUT2D eigenvalue weighted by Gasteiger charge is -2.37. The summed E-state index contributed by atoms with van der Waals surface area (Å²) >= 11 is 0. The van der Waals surface area contributed by atoms with Crippen molar-refractivity contribution >= 4 is 21.8 Å². The number of ketones is 1. The minimum absolute atomic E-state index is 0.0993. The van der Waals surface area contributed by atoms with Crippen LogP contribution in [0.15, 0.2) is 29.2 Å². The number of sulfonamides is 1. The third-order valence-electron chi connectivity index (χ3n) is 3.50. The maximum absolute atomic E-state index is 12.2. The van der Waals surface area contributed by atoms with Gasteiger partial charge < -0.3 is 5.11 Å². The molecule has 0 heterocycles. The first-order valence-electron chi connectivity index (χ1n) is 6.15. The van der Waals surface area contributed by atoms with Crippen LogP contribution in [0, 0.1) is 0 Å². The molecule has 1 aromatic carbocycles. The number of carboxylic acid groups (broad SMARTS) is 1. The van der Waals surface area contributed by atoms with Crippen molar-refractivity contribution in [2.24, 2.45) is 0 Å². The average molecular weight is 297 g/mol. The summed E-state index contributed by atoms with van der Waals surface area (Å²) in [5.74, 6) is -1.42. The number of benzene rings is 1. The van der Waals surface area contributed by atoms with Crippen molar-refractivity contribution in [3.8, 4) is 0 Å². The van der Waals surface area contributed by atoms with Gasteiger partial charge in [0.05, 0.1) is 4.90 Å². The number of Topliss-reactive ketones (excluding diaryl/α,β-unsaturated/α-hetero) is 1. The highest BCUT2D eigenvalue weighted by Gasteiger charge is 2.47. The van der Waals surface area contributed by atoms with Crippen LogP contribution >= 0.6 is 0 Å². The predicted octanol–water partition coefficient (Wildman–Crippen LogP) is 1.17. The van der Waals surface area contributed by atoms with Gasteiger partial charge in [0.25, 0.3) is 0 Å². The standard InChI is InChI=1S/C13H15NO5S/c1-9(15)10-4-2-5-11(8-10)20(18,19)14-13(12(16)17)6-3-7-13/h2,4-5,8,14H,3,6-7H2,1H3,(H,16,17). The molecule has 2 rings (SSSR count). The highest BCUT2D eigenvalue weighted by Crippen LogP contribution is 2.33. The molecule has 1 aliphatic rings. The molecule has 1 aromatic rings. The summed E-state index contributed by atoms with van der Waals surface area (Å²) in [6.07, 6.45) is 1.21. The molecule has 0 bridgehead atoms. The minimum Gasteiger partial charge on any atom is -0.480 e. The van der Waals surface area contributed by atoms with E-state index in [2.05, 4.69) is 4.72 Å². The maximum Gasteiger partial charge on any atom is 0.324 e. The zero-order valence-corrected chi connectivity index (χ0v) is 11.7. The molecule has 0 saturated heterocycles. The molecule has 0 atom stereocenters. The van der Waals surface area contributed by atoms with Crippen molar-refractivity contribution in [2.75, 3.05) is 0 Å². The third-order valence-corrected chi connectivity index (χ3v) is 5.03. The molecule has 7 heteroatoms. The summed E-state index contributed by atoms with van der Waals surface area (Å²) < 4.78 is 26.7. The molecule has 20 heavy (non-hydrogen) atoms. The molecule has 1 fully saturated rings. The van der Waals surface area contributed by atoms with Crippen molar-refractivity contribution in [3.05, 3.63) is 29.8 Å². The molecule has 108 valence electrons. The maximum atomic E-state index is 12.2. The van der Waals surface area contributed by atoms with Crippen molar-refractivity contribution < 1.29 is 23.1 Å². The molecule has 0 aromatic heterocycles. The molecule has 0 amide bonds. The number of carbonyl (C=O) groups is 2. The summed E-state index contributed by atoms with van der Waals surface area (Å²) in [5, 5.41) is 9.16. The molecule has 0 aliphatic heterocycles. The first kappa shape index (κ1) is 14.7. The zero-order valence-electron chi connectivity index (χ0n) is 10.9. The van der Waals surface area contributed by atoms with Gasteiger partial charge in [0, 0.05) is 5.56 Å². The van der Waals surface area contributed by atoms with E-state index in [1.165, 1.54) is 31.2 Å². The Kier molecular flexibility index (Phi) is 3.66. The van der Waals surface area contributed by atoms with Gasteiger partial charge in [-0.15, -0.1) is 0 Å². The van der Waals surface area contributed by atoms with Gasteiger partial charge in [0.2, 0.25) is 10.0 Å². The van der Waals surface area contributed by atoms with Crippen LogP contribution in [0.5, 0.6) is 0 Å². The fourth-order valence-corrected chi connectivity index (χ4v) is 3.55. The van der Waals surface area contributed by atoms with Gasteiger partial charge in [0.1, 0.15) is 5.54 Å². The number of carbonyl (C=O) groups excluding carboxylic acids is 1. The largest absolute Gasteiger partial charge is 0.480 e. The van der Waals surface area contributed by atoms with E-state index >= 15 is 0 Å². The van der Waals surface area contributed by atoms with Gasteiger partial charge in [-0.3, -0.25) is 9.59 Å². The number of nitrogens with one attached hydrogen (secondary N) is 1. The summed E-state index contributed by atoms with van der Waals surface area (Å²) in [5.41, 5.74) is -1.14. The van der Waals surface area contributed by atoms with Gasteiger partial charge in [-0.1, -0.05) is 12.1 Å². The highest BCUT2D eigenvalue weighted by molar-refractivity contribution is 7.89. The molecule has 1 aliphatic carbocycles. The SMILES string of the molecule is CC(=O)c1cccc(S(=O)(=O)NC2(C(=O)O)CCC2)c1. The first-order chi connectivity index (χ1) is 9.27. The van der Waals surface area contributed by atoms with Crippen LogP contribution in [-0.4, -0.2) is 30.8 Å². The quantitative estimate of drug-likeness (QED) is 0.795. The van der Waals surface area contributed by atoms with Crippen LogP contribution in [0.3, 0.4) is 0 Å². The van der Waals surface area contributed by atoms with E-state index in [4.69, 9.17) is 5.11 Å². The lowest BCUT2D eigenvalue weighted by atomic mass is 9.78. The van der Waals surface area contributed by atoms with Gasteiger partial charge in [-0.05, 0) is 38.3 Å². The molecule has 6 nitrogen and oxygen atoms in total. The van der Waals surface area contributed by atoms with Crippen molar-refractivity contribution in [2.45, 2.75) is 36.6 Å². The Morgan fingerprint density at radius 2 is 1.95 bits per heavy atom. The van der Waals surface area contributed by atoms with E-state index < -0.39 is 21.5 Å². The molecule has 0 unspecified atom stereocenters. The Morgan fingerprint density at radius 1 is 1.30 bits per heavy atom. The summed E-state index contributed by atoms with van der Waals surface area (Å²) in [4.78, 5) is 22.4. The van der Waals surface area contributed by atoms with Crippen molar-refractivity contribution in [1.29, 1.82) is 0 Å². The molecular weight excluding hydrogens is 282 g/mol. The number of rotatable bonds is 5. The third kappa shape index (κ3) is 2.59. The van der Waals surface area contributed by atoms with E-state index in [0.717, 1.165) is 0 Å². The average Bonchev–Trinajstić information content (AvgIpc) is 2.33. The van der Waals surface area contributed by atoms with Gasteiger partial charge in [0.15, 0.2) is 5.78 Å². The second kappa shape index (κ2) is 4.99. The van der Waals surface area contributed by atoms with E-state index in [1.807, 2.05) is 0 Å². The number of hydrogen-bond acceptors (Lipinski definition) is 4. The molecule has 0 radical (unpaired) electrons. The van der Waals surface area contributed by atoms with E-state index in [0.29, 0.717) is 6.42 Å². The zero-order chi connectivity index (χ0) is 15.0. The molecule has 0 spiro atoms. The van der Waals surface area contributed by atoms with Crippen LogP contribution in [0.25, 0.3) is 0 Å². The molecule has 1 saturated carbocycles. The second-order valence-corrected chi connectivity index (χ2v) is 6.61. The lowest BCUT2D eigenvalue weighted by molar-refractivity contribution is -0.147. The fourth-order valence-electron chi connectivity index (χ4n) is 2.09. The first-order valence-corrected chi connectivity index (χ1v) is 7.64. The second-order valence-electron chi connectivity index (χ2n) is 4.93. The van der Waals surface area contributed by atoms with E-state index in [9.17, 15) is 18.0 Å². The van der Waals surface area contributed by atoms with Gasteiger partial charge >= 0.3 is 5.97 Å². The summed E-state index contributed by atoms with van der Waals surface area (Å²) in [6.45, 7) is 1.34. The Balaban J connectivity index is 2.33. The Hall–Kier alpha value is -1.73. The van der Waals surface area contributed by atoms with E-state index in [1.54, 1.807) is 0 Å². The topological polar surface area (TPSA) is 101 Å². The van der Waals surface area contributed by atoms with Crippen molar-refractivity contribution in [1.82, 2.24) is 4.72 Å². The lowest BCUT2D eigenvalue weighted by Crippen LogP contribution is -2.58. The van der Waals surface area contributed by atoms with Crippen LogP contribution in [0.2, 0.25) is 0 Å². The normalized spacial score (nSPS) is 17.2. The van der Waals surface area contributed by atoms with Crippen LogP contribution in [0.4, 0.5) is 0 Å². The van der Waals surface area contributed by atoms with E-state index in [-0.39, 0.29) is 29.1 Å². The van der Waals surface area contributed by atoms with Crippen LogP contribution in [-0.2, 0) is 14.8 Å². The van der Waals surface area contributed by atoms with Gasteiger partial charge in [-0.2, -0.15) is 4.72 Å². The Bertz CT molecular complexity index is 661. The van der Waals surface area contributed by atoms with Crippen LogP contribution < -0.4 is 4.72 Å². The number of hydrogen-bond donors (Lipinski definition) is 2. The fraction of sp³-hybridized carbons (Fsp3) is 0.385. The molecule has 2 N–H and O–H groups in total. The highest BCUT2D eigenvalue weighted by atomic mass is 32.2. The smallest absolute Gasteiger partial charge is 0.324 e. The number of aliphatic carboxylic acids is 1. The summed E-state index contributed by atoms with van der Waals surface area (Å²) in [6, 6.07) is 5.55. The number of carboxylic acids is 1. The monoisotopic (exact) mass is 297 g/mol. The summed E-state index contributed by atoms with van der Waals surface area (Å²) in [7, 11) is -3.96. The van der Waals surface area contributed by atoms with Crippen molar-refractivity contribution in [3.63, 3.8) is 0 Å². The van der Waals surface area contributed by atoms with Gasteiger partial charge in [-0.25, -0.2) is 8.42 Å². The Morgan fingerprint density at radius 3 is 2.40 bits per heavy atom.